The molecule has 3 N–H and O–H groups in total. The lowest BCUT2D eigenvalue weighted by Gasteiger charge is -2.18. The van der Waals surface area contributed by atoms with E-state index in [1.807, 2.05) is 30.3 Å². The van der Waals surface area contributed by atoms with Crippen LogP contribution in [0.3, 0.4) is 0 Å². The number of nitrogens with two attached hydrogens (primary N) is 1. The summed E-state index contributed by atoms with van der Waals surface area (Å²) in [5.41, 5.74) is 6.38. The van der Waals surface area contributed by atoms with Crippen molar-refractivity contribution in [2.45, 2.75) is 31.7 Å². The van der Waals surface area contributed by atoms with Crippen molar-refractivity contribution in [3.63, 3.8) is 0 Å². The average molecular weight is 278 g/mol. The van der Waals surface area contributed by atoms with Gasteiger partial charge in [-0.1, -0.05) is 30.3 Å². The normalized spacial score (nSPS) is 11.7. The third-order valence-corrected chi connectivity index (χ3v) is 3.01. The molecule has 1 aromatic carbocycles. The zero-order valence-electron chi connectivity index (χ0n) is 11.8. The molecule has 1 amide bonds. The molecule has 0 fully saturated rings. The summed E-state index contributed by atoms with van der Waals surface area (Å²) in [6.45, 7) is 0.492. The molecule has 0 saturated carbocycles. The zero-order valence-corrected chi connectivity index (χ0v) is 11.8. The van der Waals surface area contributed by atoms with Crippen LogP contribution in [-0.2, 0) is 14.3 Å². The predicted molar refractivity (Wildman–Crippen MR) is 76.9 cm³/mol. The Balaban J connectivity index is 2.64. The molecule has 0 aliphatic carbocycles. The van der Waals surface area contributed by atoms with Crippen LogP contribution in [-0.4, -0.2) is 25.5 Å². The number of benzene rings is 1. The Morgan fingerprint density at radius 2 is 1.95 bits per heavy atom. The number of rotatable bonds is 8. The topological polar surface area (TPSA) is 81.4 Å². The first-order valence-electron chi connectivity index (χ1n) is 6.78. The van der Waals surface area contributed by atoms with Gasteiger partial charge in [-0.05, 0) is 24.9 Å². The van der Waals surface area contributed by atoms with E-state index < -0.39 is 0 Å². The Kier molecular flexibility index (Phi) is 7.35. The number of nitrogens with one attached hydrogen (secondary N) is 1. The minimum absolute atomic E-state index is 0.0471. The summed E-state index contributed by atoms with van der Waals surface area (Å²) in [6.07, 6.45) is 1.85. The molecule has 0 aromatic heterocycles. The lowest BCUT2D eigenvalue weighted by atomic mass is 10.0. The van der Waals surface area contributed by atoms with Gasteiger partial charge in [-0.2, -0.15) is 0 Å². The van der Waals surface area contributed by atoms with Crippen LogP contribution in [0.15, 0.2) is 30.3 Å². The molecule has 0 bridgehead atoms. The van der Waals surface area contributed by atoms with Crippen LogP contribution in [0.2, 0.25) is 0 Å². The SMILES string of the molecule is COC(=O)CCC(NC(=O)CCCN)c1ccccc1. The van der Waals surface area contributed by atoms with Gasteiger partial charge in [0.1, 0.15) is 0 Å². The summed E-state index contributed by atoms with van der Waals surface area (Å²) < 4.78 is 4.64. The lowest BCUT2D eigenvalue weighted by Crippen LogP contribution is -2.29. The maximum atomic E-state index is 11.8. The first kappa shape index (κ1) is 16.2. The largest absolute Gasteiger partial charge is 0.469 e. The first-order chi connectivity index (χ1) is 9.67. The maximum Gasteiger partial charge on any atom is 0.305 e. The van der Waals surface area contributed by atoms with Gasteiger partial charge in [-0.3, -0.25) is 9.59 Å². The van der Waals surface area contributed by atoms with E-state index in [1.165, 1.54) is 7.11 Å². The Morgan fingerprint density at radius 3 is 2.55 bits per heavy atom. The van der Waals surface area contributed by atoms with Gasteiger partial charge in [-0.25, -0.2) is 0 Å². The number of esters is 1. The molecule has 110 valence electrons. The summed E-state index contributed by atoms with van der Waals surface area (Å²) in [7, 11) is 1.36. The summed E-state index contributed by atoms with van der Waals surface area (Å²) in [5, 5.41) is 2.95. The standard InChI is InChI=1S/C15H22N2O3/c1-20-15(19)10-9-13(12-6-3-2-4-7-12)17-14(18)8-5-11-16/h2-4,6-7,13H,5,8-11,16H2,1H3,(H,17,18). The lowest BCUT2D eigenvalue weighted by molar-refractivity contribution is -0.141. The van der Waals surface area contributed by atoms with Gasteiger partial charge in [0.15, 0.2) is 0 Å². The molecule has 0 spiro atoms. The van der Waals surface area contributed by atoms with Crippen molar-refractivity contribution in [2.24, 2.45) is 5.73 Å². The highest BCUT2D eigenvalue weighted by Gasteiger charge is 2.16. The van der Waals surface area contributed by atoms with Crippen LogP contribution < -0.4 is 11.1 Å². The zero-order chi connectivity index (χ0) is 14.8. The van der Waals surface area contributed by atoms with Gasteiger partial charge in [0.2, 0.25) is 5.91 Å². The molecule has 1 unspecified atom stereocenters. The monoisotopic (exact) mass is 278 g/mol. The molecule has 0 aliphatic heterocycles. The number of carbonyl (C=O) groups is 2. The van der Waals surface area contributed by atoms with Crippen molar-refractivity contribution < 1.29 is 14.3 Å². The number of amides is 1. The predicted octanol–water partition coefficient (Wildman–Crippen LogP) is 1.54. The van der Waals surface area contributed by atoms with Gasteiger partial charge in [0, 0.05) is 12.8 Å². The second-order valence-electron chi connectivity index (χ2n) is 4.54. The van der Waals surface area contributed by atoms with Gasteiger partial charge < -0.3 is 15.8 Å². The molecular weight excluding hydrogens is 256 g/mol. The highest BCUT2D eigenvalue weighted by molar-refractivity contribution is 5.76. The van der Waals surface area contributed by atoms with Crippen LogP contribution in [0.1, 0.15) is 37.3 Å². The summed E-state index contributed by atoms with van der Waals surface area (Å²) >= 11 is 0. The fourth-order valence-electron chi connectivity index (χ4n) is 1.90. The molecule has 1 rings (SSSR count). The Bertz CT molecular complexity index is 420. The molecule has 0 aliphatic rings. The van der Waals surface area contributed by atoms with E-state index in [0.717, 1.165) is 5.56 Å². The molecule has 1 atom stereocenters. The molecule has 5 nitrogen and oxygen atoms in total. The van der Waals surface area contributed by atoms with Crippen LogP contribution >= 0.6 is 0 Å². The molecule has 20 heavy (non-hydrogen) atoms. The van der Waals surface area contributed by atoms with Crippen LogP contribution in [0.25, 0.3) is 0 Å². The Hall–Kier alpha value is -1.88. The van der Waals surface area contributed by atoms with Crippen molar-refractivity contribution in [2.75, 3.05) is 13.7 Å². The number of carbonyl (C=O) groups excluding carboxylic acids is 2. The highest BCUT2D eigenvalue weighted by Crippen LogP contribution is 2.18. The highest BCUT2D eigenvalue weighted by atomic mass is 16.5. The minimum atomic E-state index is -0.276. The van der Waals surface area contributed by atoms with Crippen LogP contribution in [0, 0.1) is 0 Å². The van der Waals surface area contributed by atoms with E-state index in [-0.39, 0.29) is 24.3 Å². The van der Waals surface area contributed by atoms with Crippen molar-refractivity contribution >= 4 is 11.9 Å². The van der Waals surface area contributed by atoms with Crippen molar-refractivity contribution in [1.29, 1.82) is 0 Å². The molecule has 0 saturated heterocycles. The smallest absolute Gasteiger partial charge is 0.305 e. The second kappa shape index (κ2) is 9.09. The fraction of sp³-hybridized carbons (Fsp3) is 0.467. The van der Waals surface area contributed by atoms with Crippen molar-refractivity contribution in [3.8, 4) is 0 Å². The van der Waals surface area contributed by atoms with Crippen LogP contribution in [0.5, 0.6) is 0 Å². The number of ether oxygens (including phenoxy) is 1. The van der Waals surface area contributed by atoms with E-state index in [1.54, 1.807) is 0 Å². The quantitative estimate of drug-likeness (QED) is 0.707. The average Bonchev–Trinajstić information content (AvgIpc) is 2.49. The minimum Gasteiger partial charge on any atom is -0.469 e. The Morgan fingerprint density at radius 1 is 1.25 bits per heavy atom. The first-order valence-corrected chi connectivity index (χ1v) is 6.78. The summed E-state index contributed by atoms with van der Waals surface area (Å²) in [5.74, 6) is -0.323. The van der Waals surface area contributed by atoms with Crippen molar-refractivity contribution in [3.05, 3.63) is 35.9 Å². The summed E-state index contributed by atoms with van der Waals surface area (Å²) in [4.78, 5) is 23.1. The van der Waals surface area contributed by atoms with E-state index in [9.17, 15) is 9.59 Å². The third kappa shape index (κ3) is 5.84. The fourth-order valence-corrected chi connectivity index (χ4v) is 1.90. The maximum absolute atomic E-state index is 11.8. The molecule has 5 heteroatoms. The van der Waals surface area contributed by atoms with E-state index in [4.69, 9.17) is 5.73 Å². The van der Waals surface area contributed by atoms with Gasteiger partial charge in [-0.15, -0.1) is 0 Å². The van der Waals surface area contributed by atoms with E-state index in [2.05, 4.69) is 10.1 Å². The number of methoxy groups -OCH3 is 1. The van der Waals surface area contributed by atoms with Gasteiger partial charge >= 0.3 is 5.97 Å². The molecule has 1 aromatic rings. The Labute approximate surface area is 119 Å². The van der Waals surface area contributed by atoms with E-state index >= 15 is 0 Å². The van der Waals surface area contributed by atoms with Crippen LogP contribution in [0.4, 0.5) is 0 Å². The second-order valence-corrected chi connectivity index (χ2v) is 4.54. The molecule has 0 heterocycles. The number of hydrogen-bond acceptors (Lipinski definition) is 4. The molecule has 0 radical (unpaired) electrons. The molecular formula is C15H22N2O3. The number of hydrogen-bond donors (Lipinski definition) is 2. The third-order valence-electron chi connectivity index (χ3n) is 3.01. The van der Waals surface area contributed by atoms with Gasteiger partial charge in [0.05, 0.1) is 13.2 Å². The summed E-state index contributed by atoms with van der Waals surface area (Å²) in [6, 6.07) is 9.42. The van der Waals surface area contributed by atoms with E-state index in [0.29, 0.717) is 25.8 Å². The van der Waals surface area contributed by atoms with Gasteiger partial charge in [0.25, 0.3) is 0 Å². The van der Waals surface area contributed by atoms with Crippen molar-refractivity contribution in [1.82, 2.24) is 5.32 Å².